The highest BCUT2D eigenvalue weighted by molar-refractivity contribution is 7.90. The highest BCUT2D eigenvalue weighted by atomic mass is 35.5. The summed E-state index contributed by atoms with van der Waals surface area (Å²) in [6.45, 7) is 1.09. The van der Waals surface area contributed by atoms with Crippen LogP contribution in [-0.4, -0.2) is 36.9 Å². The minimum atomic E-state index is -3.64. The zero-order valence-corrected chi connectivity index (χ0v) is 16.2. The molecule has 0 saturated carbocycles. The van der Waals surface area contributed by atoms with Crippen molar-refractivity contribution >= 4 is 32.5 Å². The first-order chi connectivity index (χ1) is 12.5. The highest BCUT2D eigenvalue weighted by Gasteiger charge is 2.25. The van der Waals surface area contributed by atoms with Crippen molar-refractivity contribution in [1.29, 1.82) is 0 Å². The summed E-state index contributed by atoms with van der Waals surface area (Å²) in [6, 6.07) is 14.4. The van der Waals surface area contributed by atoms with E-state index in [9.17, 15) is 8.42 Å². The lowest BCUT2D eigenvalue weighted by Crippen LogP contribution is -2.26. The maximum atomic E-state index is 13.2. The van der Waals surface area contributed by atoms with E-state index < -0.39 is 10.0 Å². The topological polar surface area (TPSA) is 42.3 Å². The standard InChI is InChI=1S/C20H21ClN2O2S/c1-22-11-5-6-17(22)12-15-14-23(20-10-9-16(21)13-19(15)20)26(24,25)18-7-3-2-4-8-18/h2-4,7-10,13-14,17H,5-6,11-12H2,1H3. The van der Waals surface area contributed by atoms with Crippen molar-refractivity contribution < 1.29 is 8.42 Å². The van der Waals surface area contributed by atoms with Gasteiger partial charge in [0.15, 0.2) is 0 Å². The Hall–Kier alpha value is -1.82. The van der Waals surface area contributed by atoms with Crippen molar-refractivity contribution in [3.05, 3.63) is 65.3 Å². The molecule has 4 rings (SSSR count). The van der Waals surface area contributed by atoms with E-state index in [-0.39, 0.29) is 4.90 Å². The first-order valence-corrected chi connectivity index (χ1v) is 10.6. The molecular formula is C20H21ClN2O2S. The average molecular weight is 389 g/mol. The molecule has 1 saturated heterocycles. The van der Waals surface area contributed by atoms with Gasteiger partial charge in [0.1, 0.15) is 0 Å². The maximum Gasteiger partial charge on any atom is 0.268 e. The molecule has 2 heterocycles. The van der Waals surface area contributed by atoms with E-state index in [0.29, 0.717) is 16.6 Å². The van der Waals surface area contributed by atoms with Crippen LogP contribution in [0.25, 0.3) is 10.9 Å². The van der Waals surface area contributed by atoms with Crippen LogP contribution in [0.1, 0.15) is 18.4 Å². The van der Waals surface area contributed by atoms with Crippen LogP contribution in [-0.2, 0) is 16.4 Å². The molecule has 1 aliphatic heterocycles. The summed E-state index contributed by atoms with van der Waals surface area (Å²) in [5, 5.41) is 1.53. The molecular weight excluding hydrogens is 368 g/mol. The van der Waals surface area contributed by atoms with E-state index in [4.69, 9.17) is 11.6 Å². The number of hydrogen-bond acceptors (Lipinski definition) is 3. The lowest BCUT2D eigenvalue weighted by Gasteiger charge is -2.18. The van der Waals surface area contributed by atoms with Gasteiger partial charge in [-0.3, -0.25) is 0 Å². The Balaban J connectivity index is 1.86. The van der Waals surface area contributed by atoms with Crippen LogP contribution in [0.2, 0.25) is 5.02 Å². The van der Waals surface area contributed by atoms with Gasteiger partial charge < -0.3 is 4.90 Å². The summed E-state index contributed by atoms with van der Waals surface area (Å²) in [4.78, 5) is 2.63. The van der Waals surface area contributed by atoms with Crippen LogP contribution >= 0.6 is 11.6 Å². The summed E-state index contributed by atoms with van der Waals surface area (Å²) in [6.07, 6.45) is 4.91. The molecule has 2 aromatic carbocycles. The van der Waals surface area contributed by atoms with Crippen molar-refractivity contribution in [2.24, 2.45) is 0 Å². The minimum absolute atomic E-state index is 0.288. The molecule has 26 heavy (non-hydrogen) atoms. The molecule has 6 heteroatoms. The summed E-state index contributed by atoms with van der Waals surface area (Å²) in [5.74, 6) is 0. The zero-order chi connectivity index (χ0) is 18.3. The fourth-order valence-corrected chi connectivity index (χ4v) is 5.38. The third kappa shape index (κ3) is 3.04. The van der Waals surface area contributed by atoms with E-state index >= 15 is 0 Å². The van der Waals surface area contributed by atoms with Gasteiger partial charge in [-0.05, 0) is 68.8 Å². The molecule has 1 aliphatic rings. The Kier molecular flexibility index (Phi) is 4.55. The molecule has 1 unspecified atom stereocenters. The monoisotopic (exact) mass is 388 g/mol. The second-order valence-electron chi connectivity index (χ2n) is 6.91. The fraction of sp³-hybridized carbons (Fsp3) is 0.300. The van der Waals surface area contributed by atoms with Gasteiger partial charge in [0.25, 0.3) is 10.0 Å². The van der Waals surface area contributed by atoms with Crippen molar-refractivity contribution in [3.8, 4) is 0 Å². The van der Waals surface area contributed by atoms with Crippen molar-refractivity contribution in [2.45, 2.75) is 30.2 Å². The number of likely N-dealkylation sites (N-methyl/N-ethyl adjacent to an activating group) is 1. The van der Waals surface area contributed by atoms with E-state index in [1.165, 1.54) is 10.4 Å². The van der Waals surface area contributed by atoms with Crippen LogP contribution < -0.4 is 0 Å². The fourth-order valence-electron chi connectivity index (χ4n) is 3.80. The normalized spacial score (nSPS) is 18.6. The lowest BCUT2D eigenvalue weighted by atomic mass is 10.0. The molecule has 136 valence electrons. The smallest absolute Gasteiger partial charge is 0.268 e. The maximum absolute atomic E-state index is 13.2. The molecule has 0 amide bonds. The Labute approximate surface area is 159 Å². The van der Waals surface area contributed by atoms with Crippen LogP contribution in [0.15, 0.2) is 59.6 Å². The van der Waals surface area contributed by atoms with Gasteiger partial charge >= 0.3 is 0 Å². The molecule has 0 bridgehead atoms. The average Bonchev–Trinajstić information content (AvgIpc) is 3.20. The number of aromatic nitrogens is 1. The Morgan fingerprint density at radius 3 is 2.62 bits per heavy atom. The SMILES string of the molecule is CN1CCCC1Cc1cn(S(=O)(=O)c2ccccc2)c2ccc(Cl)cc12. The first kappa shape index (κ1) is 17.6. The number of hydrogen-bond donors (Lipinski definition) is 0. The lowest BCUT2D eigenvalue weighted by molar-refractivity contribution is 0.310. The van der Waals surface area contributed by atoms with Gasteiger partial charge in [0, 0.05) is 22.6 Å². The molecule has 1 fully saturated rings. The molecule has 4 nitrogen and oxygen atoms in total. The van der Waals surface area contributed by atoms with Crippen LogP contribution in [0.4, 0.5) is 0 Å². The Morgan fingerprint density at radius 1 is 1.15 bits per heavy atom. The van der Waals surface area contributed by atoms with Crippen LogP contribution in [0.3, 0.4) is 0 Å². The number of nitrogens with zero attached hydrogens (tertiary/aromatic N) is 2. The van der Waals surface area contributed by atoms with Crippen molar-refractivity contribution in [1.82, 2.24) is 8.87 Å². The van der Waals surface area contributed by atoms with Crippen LogP contribution in [0.5, 0.6) is 0 Å². The van der Waals surface area contributed by atoms with E-state index in [2.05, 4.69) is 11.9 Å². The summed E-state index contributed by atoms with van der Waals surface area (Å²) < 4.78 is 27.7. The predicted octanol–water partition coefficient (Wildman–Crippen LogP) is 4.17. The zero-order valence-electron chi connectivity index (χ0n) is 14.6. The molecule has 1 aromatic heterocycles. The molecule has 0 spiro atoms. The van der Waals surface area contributed by atoms with Gasteiger partial charge in [0.05, 0.1) is 10.4 Å². The van der Waals surface area contributed by atoms with Gasteiger partial charge in [0.2, 0.25) is 0 Å². The summed E-state index contributed by atoms with van der Waals surface area (Å²) in [7, 11) is -1.52. The molecule has 3 aromatic rings. The number of fused-ring (bicyclic) bond motifs is 1. The summed E-state index contributed by atoms with van der Waals surface area (Å²) in [5.41, 5.74) is 1.70. The van der Waals surface area contributed by atoms with Gasteiger partial charge in [-0.25, -0.2) is 12.4 Å². The Morgan fingerprint density at radius 2 is 1.92 bits per heavy atom. The number of rotatable bonds is 4. The van der Waals surface area contributed by atoms with Crippen molar-refractivity contribution in [2.75, 3.05) is 13.6 Å². The second-order valence-corrected chi connectivity index (χ2v) is 9.16. The molecule has 1 atom stereocenters. The second kappa shape index (κ2) is 6.72. The minimum Gasteiger partial charge on any atom is -0.303 e. The number of halogens is 1. The predicted molar refractivity (Wildman–Crippen MR) is 105 cm³/mol. The number of likely N-dealkylation sites (tertiary alicyclic amines) is 1. The molecule has 0 radical (unpaired) electrons. The van der Waals surface area contributed by atoms with Crippen molar-refractivity contribution in [3.63, 3.8) is 0 Å². The third-order valence-electron chi connectivity index (χ3n) is 5.24. The highest BCUT2D eigenvalue weighted by Crippen LogP contribution is 2.31. The molecule has 0 aliphatic carbocycles. The first-order valence-electron chi connectivity index (χ1n) is 8.77. The van der Waals surface area contributed by atoms with E-state index in [1.807, 2.05) is 12.1 Å². The summed E-state index contributed by atoms with van der Waals surface area (Å²) >= 11 is 6.21. The third-order valence-corrected chi connectivity index (χ3v) is 7.17. The van der Waals surface area contributed by atoms with Crippen LogP contribution in [0, 0.1) is 0 Å². The quantitative estimate of drug-likeness (QED) is 0.673. The van der Waals surface area contributed by atoms with Gasteiger partial charge in [-0.1, -0.05) is 29.8 Å². The number of benzene rings is 2. The van der Waals surface area contributed by atoms with Gasteiger partial charge in [-0.15, -0.1) is 0 Å². The van der Waals surface area contributed by atoms with E-state index in [0.717, 1.165) is 30.3 Å². The van der Waals surface area contributed by atoms with E-state index in [1.54, 1.807) is 42.6 Å². The largest absolute Gasteiger partial charge is 0.303 e. The molecule has 0 N–H and O–H groups in total. The van der Waals surface area contributed by atoms with Gasteiger partial charge in [-0.2, -0.15) is 0 Å². The Bertz CT molecular complexity index is 1040.